The van der Waals surface area contributed by atoms with Crippen LogP contribution in [0.15, 0.2) is 29.2 Å². The van der Waals surface area contributed by atoms with Crippen molar-refractivity contribution < 1.29 is 9.84 Å². The molecule has 3 rings (SSSR count). The van der Waals surface area contributed by atoms with Crippen molar-refractivity contribution >= 4 is 11.8 Å². The lowest BCUT2D eigenvalue weighted by atomic mass is 9.95. The van der Waals surface area contributed by atoms with Crippen LogP contribution in [0.2, 0.25) is 0 Å². The van der Waals surface area contributed by atoms with Gasteiger partial charge in [0.15, 0.2) is 0 Å². The second-order valence-electron chi connectivity index (χ2n) is 4.58. The van der Waals surface area contributed by atoms with Crippen LogP contribution in [0, 0.1) is 5.92 Å². The van der Waals surface area contributed by atoms with Crippen molar-refractivity contribution in [2.24, 2.45) is 5.92 Å². The number of hydrogen-bond donors (Lipinski definition) is 1. The molecule has 2 aliphatic rings. The number of hydrogen-bond acceptors (Lipinski definition) is 3. The van der Waals surface area contributed by atoms with E-state index in [0.717, 1.165) is 26.1 Å². The molecule has 3 atom stereocenters. The predicted octanol–water partition coefficient (Wildman–Crippen LogP) is 2.10. The second-order valence-corrected chi connectivity index (χ2v) is 5.86. The van der Waals surface area contributed by atoms with Crippen LogP contribution in [-0.2, 0) is 11.2 Å². The van der Waals surface area contributed by atoms with Crippen LogP contribution in [0.3, 0.4) is 0 Å². The molecule has 0 aromatic heterocycles. The van der Waals surface area contributed by atoms with Crippen LogP contribution in [-0.4, -0.2) is 29.7 Å². The predicted molar refractivity (Wildman–Crippen MR) is 64.7 cm³/mol. The van der Waals surface area contributed by atoms with Crippen molar-refractivity contribution in [2.75, 3.05) is 13.2 Å². The molecule has 0 saturated carbocycles. The molecule has 86 valence electrons. The largest absolute Gasteiger partial charge is 0.392 e. The first-order valence-corrected chi connectivity index (χ1v) is 6.73. The number of aliphatic hydroxyl groups is 1. The normalized spacial score (nSPS) is 30.3. The number of benzene rings is 1. The Morgan fingerprint density at radius 1 is 1.38 bits per heavy atom. The number of fused-ring (bicyclic) bond motifs is 1. The summed E-state index contributed by atoms with van der Waals surface area (Å²) < 4.78 is 5.35. The van der Waals surface area contributed by atoms with E-state index in [0.29, 0.717) is 11.2 Å². The zero-order valence-electron chi connectivity index (χ0n) is 9.13. The monoisotopic (exact) mass is 236 g/mol. The van der Waals surface area contributed by atoms with E-state index in [1.165, 1.54) is 10.5 Å². The lowest BCUT2D eigenvalue weighted by Crippen LogP contribution is -2.31. The fraction of sp³-hybridized carbons (Fsp3) is 0.538. The van der Waals surface area contributed by atoms with Crippen LogP contribution in [0.4, 0.5) is 0 Å². The number of ether oxygens (including phenoxy) is 1. The first-order chi connectivity index (χ1) is 7.84. The van der Waals surface area contributed by atoms with Crippen molar-refractivity contribution in [3.8, 4) is 0 Å². The van der Waals surface area contributed by atoms with Crippen LogP contribution in [0.1, 0.15) is 12.0 Å². The van der Waals surface area contributed by atoms with E-state index in [1.54, 1.807) is 0 Å². The molecule has 2 nitrogen and oxygen atoms in total. The van der Waals surface area contributed by atoms with E-state index in [9.17, 15) is 5.11 Å². The quantitative estimate of drug-likeness (QED) is 0.852. The second kappa shape index (κ2) is 4.40. The Balaban J connectivity index is 1.70. The molecular weight excluding hydrogens is 220 g/mol. The maximum absolute atomic E-state index is 10.3. The van der Waals surface area contributed by atoms with Gasteiger partial charge in [-0.05, 0) is 24.5 Å². The number of thioether (sulfide) groups is 1. The van der Waals surface area contributed by atoms with Gasteiger partial charge in [0.2, 0.25) is 0 Å². The number of aliphatic hydroxyl groups excluding tert-OH is 1. The minimum Gasteiger partial charge on any atom is -0.392 e. The average molecular weight is 236 g/mol. The van der Waals surface area contributed by atoms with Gasteiger partial charge in [0, 0.05) is 22.7 Å². The van der Waals surface area contributed by atoms with Gasteiger partial charge in [0.05, 0.1) is 12.7 Å². The molecule has 1 aromatic rings. The Bertz CT molecular complexity index is 349. The first-order valence-electron chi connectivity index (χ1n) is 5.85. The van der Waals surface area contributed by atoms with Gasteiger partial charge in [-0.2, -0.15) is 0 Å². The standard InChI is InChI=1S/C13H16O2S/c14-13(10-5-6-15-8-10)12-7-9-3-1-2-4-11(9)16-12/h1-4,10,12-14H,5-8H2. The Morgan fingerprint density at radius 3 is 3.00 bits per heavy atom. The zero-order valence-corrected chi connectivity index (χ0v) is 9.95. The molecule has 2 heterocycles. The first kappa shape index (κ1) is 10.6. The van der Waals surface area contributed by atoms with Crippen molar-refractivity contribution in [1.29, 1.82) is 0 Å². The Hall–Kier alpha value is -0.510. The molecule has 3 heteroatoms. The summed E-state index contributed by atoms with van der Waals surface area (Å²) in [6.07, 6.45) is 1.78. The van der Waals surface area contributed by atoms with Crippen molar-refractivity contribution in [2.45, 2.75) is 29.1 Å². The minimum absolute atomic E-state index is 0.222. The highest BCUT2D eigenvalue weighted by molar-refractivity contribution is 8.00. The van der Waals surface area contributed by atoms with E-state index in [1.807, 2.05) is 11.8 Å². The summed E-state index contributed by atoms with van der Waals surface area (Å²) in [6.45, 7) is 1.54. The van der Waals surface area contributed by atoms with E-state index in [4.69, 9.17) is 4.74 Å². The van der Waals surface area contributed by atoms with Crippen LogP contribution < -0.4 is 0 Å². The van der Waals surface area contributed by atoms with Gasteiger partial charge in [0.25, 0.3) is 0 Å². The smallest absolute Gasteiger partial charge is 0.0716 e. The molecule has 0 bridgehead atoms. The van der Waals surface area contributed by atoms with Gasteiger partial charge in [-0.25, -0.2) is 0 Å². The van der Waals surface area contributed by atoms with E-state index >= 15 is 0 Å². The summed E-state index contributed by atoms with van der Waals surface area (Å²) in [7, 11) is 0. The number of rotatable bonds is 2. The third-order valence-electron chi connectivity index (χ3n) is 3.50. The summed E-state index contributed by atoms with van der Waals surface area (Å²) in [5, 5.41) is 10.6. The maximum atomic E-state index is 10.3. The molecule has 0 aliphatic carbocycles. The molecule has 0 radical (unpaired) electrons. The topological polar surface area (TPSA) is 29.5 Å². The molecule has 0 amide bonds. The summed E-state index contributed by atoms with van der Waals surface area (Å²) >= 11 is 1.83. The molecule has 16 heavy (non-hydrogen) atoms. The highest BCUT2D eigenvalue weighted by Crippen LogP contribution is 2.40. The SMILES string of the molecule is OC(C1CCOC1)C1Cc2ccccc2S1. The Kier molecular flexibility index (Phi) is 2.92. The van der Waals surface area contributed by atoms with E-state index in [-0.39, 0.29) is 6.10 Å². The third-order valence-corrected chi connectivity index (χ3v) is 4.90. The fourth-order valence-corrected chi connectivity index (χ4v) is 3.94. The van der Waals surface area contributed by atoms with Crippen LogP contribution >= 0.6 is 11.8 Å². The van der Waals surface area contributed by atoms with E-state index in [2.05, 4.69) is 24.3 Å². The molecule has 1 aromatic carbocycles. The molecule has 1 saturated heterocycles. The van der Waals surface area contributed by atoms with Crippen molar-refractivity contribution in [1.82, 2.24) is 0 Å². The fourth-order valence-electron chi connectivity index (χ4n) is 2.53. The third kappa shape index (κ3) is 1.88. The van der Waals surface area contributed by atoms with Crippen LogP contribution in [0.25, 0.3) is 0 Å². The highest BCUT2D eigenvalue weighted by atomic mass is 32.2. The van der Waals surface area contributed by atoms with Crippen molar-refractivity contribution in [3.05, 3.63) is 29.8 Å². The van der Waals surface area contributed by atoms with Crippen LogP contribution in [0.5, 0.6) is 0 Å². The molecule has 3 unspecified atom stereocenters. The molecule has 2 aliphatic heterocycles. The maximum Gasteiger partial charge on any atom is 0.0716 e. The lowest BCUT2D eigenvalue weighted by molar-refractivity contribution is 0.0902. The molecule has 1 fully saturated rings. The van der Waals surface area contributed by atoms with Gasteiger partial charge in [0.1, 0.15) is 0 Å². The summed E-state index contributed by atoms with van der Waals surface area (Å²) in [4.78, 5) is 1.34. The van der Waals surface area contributed by atoms with E-state index < -0.39 is 0 Å². The zero-order chi connectivity index (χ0) is 11.0. The molecule has 0 spiro atoms. The Labute approximate surface area is 100 Å². The van der Waals surface area contributed by atoms with Gasteiger partial charge in [-0.1, -0.05) is 18.2 Å². The van der Waals surface area contributed by atoms with Crippen molar-refractivity contribution in [3.63, 3.8) is 0 Å². The van der Waals surface area contributed by atoms with Gasteiger partial charge in [-0.15, -0.1) is 11.8 Å². The summed E-state index contributed by atoms with van der Waals surface area (Å²) in [6, 6.07) is 8.46. The molecular formula is C13H16O2S. The Morgan fingerprint density at radius 2 is 2.25 bits per heavy atom. The average Bonchev–Trinajstić information content (AvgIpc) is 2.97. The van der Waals surface area contributed by atoms with Gasteiger partial charge >= 0.3 is 0 Å². The minimum atomic E-state index is -0.222. The summed E-state index contributed by atoms with van der Waals surface area (Å²) in [5.74, 6) is 0.340. The lowest BCUT2D eigenvalue weighted by Gasteiger charge is -2.21. The highest BCUT2D eigenvalue weighted by Gasteiger charge is 2.34. The van der Waals surface area contributed by atoms with Gasteiger partial charge in [-0.3, -0.25) is 0 Å². The summed E-state index contributed by atoms with van der Waals surface area (Å²) in [5.41, 5.74) is 1.38. The molecule has 1 N–H and O–H groups in total. The van der Waals surface area contributed by atoms with Gasteiger partial charge < -0.3 is 9.84 Å².